The van der Waals surface area contributed by atoms with Gasteiger partial charge in [0.05, 0.1) is 0 Å². The highest BCUT2D eigenvalue weighted by Gasteiger charge is 2.47. The Morgan fingerprint density at radius 2 is 0.750 bits per heavy atom. The van der Waals surface area contributed by atoms with E-state index in [0.717, 1.165) is 22.3 Å². The summed E-state index contributed by atoms with van der Waals surface area (Å²) in [5.41, 5.74) is 12.9. The maximum atomic E-state index is 5.01. The highest BCUT2D eigenvalue weighted by molar-refractivity contribution is 5.91. The summed E-state index contributed by atoms with van der Waals surface area (Å²) >= 11 is 0. The molecule has 232 valence electrons. The second-order valence-corrected chi connectivity index (χ2v) is 13.7. The Hall–Kier alpha value is -5.67. The summed E-state index contributed by atoms with van der Waals surface area (Å²) in [6.07, 6.45) is 0. The molecule has 0 radical (unpaired) electrons. The first-order valence-corrected chi connectivity index (χ1v) is 16.6. The molecule has 1 aliphatic carbocycles. The molecule has 0 unspecified atom stereocenters. The van der Waals surface area contributed by atoms with Crippen molar-refractivity contribution in [1.82, 2.24) is 15.0 Å². The fourth-order valence-electron chi connectivity index (χ4n) is 7.32. The number of fused-ring (bicyclic) bond motifs is 3. The van der Waals surface area contributed by atoms with Crippen LogP contribution in [0.5, 0.6) is 0 Å². The minimum Gasteiger partial charge on any atom is -0.208 e. The minimum absolute atomic E-state index is 0.0623. The van der Waals surface area contributed by atoms with Gasteiger partial charge < -0.3 is 0 Å². The van der Waals surface area contributed by atoms with Gasteiger partial charge in [0, 0.05) is 22.1 Å². The van der Waals surface area contributed by atoms with Crippen LogP contribution in [0.1, 0.15) is 38.8 Å². The quantitative estimate of drug-likeness (QED) is 0.192. The Bertz CT molecular complexity index is 2230. The van der Waals surface area contributed by atoms with Gasteiger partial charge in [-0.3, -0.25) is 0 Å². The van der Waals surface area contributed by atoms with Crippen LogP contribution in [-0.4, -0.2) is 15.0 Å². The molecule has 7 aromatic rings. The molecule has 0 bridgehead atoms. The normalized spacial score (nSPS) is 14.2. The molecule has 3 heteroatoms. The largest absolute Gasteiger partial charge is 0.208 e. The van der Waals surface area contributed by atoms with Gasteiger partial charge in [0.15, 0.2) is 17.5 Å². The predicted octanol–water partition coefficient (Wildman–Crippen LogP) is 11.4. The molecule has 0 fully saturated rings. The summed E-state index contributed by atoms with van der Waals surface area (Å²) in [6.45, 7) is 9.60. The van der Waals surface area contributed by atoms with Crippen molar-refractivity contribution < 1.29 is 0 Å². The molecule has 0 saturated heterocycles. The molecular formula is C45H37N3. The molecule has 0 spiro atoms. The van der Waals surface area contributed by atoms with E-state index in [9.17, 15) is 0 Å². The molecular weight excluding hydrogens is 583 g/mol. The van der Waals surface area contributed by atoms with E-state index in [1.54, 1.807) is 0 Å². The van der Waals surface area contributed by atoms with Gasteiger partial charge in [-0.1, -0.05) is 173 Å². The monoisotopic (exact) mass is 619 g/mol. The lowest BCUT2D eigenvalue weighted by Crippen LogP contribution is -2.43. The van der Waals surface area contributed by atoms with Crippen molar-refractivity contribution >= 4 is 0 Å². The number of hydrogen-bond acceptors (Lipinski definition) is 3. The molecule has 1 heterocycles. The van der Waals surface area contributed by atoms with E-state index in [1.807, 2.05) is 60.7 Å². The lowest BCUT2D eigenvalue weighted by molar-refractivity contribution is 0.300. The summed E-state index contributed by atoms with van der Waals surface area (Å²) in [6, 6.07) is 53.4. The highest BCUT2D eigenvalue weighted by atomic mass is 15.0. The Morgan fingerprint density at radius 3 is 1.38 bits per heavy atom. The summed E-state index contributed by atoms with van der Waals surface area (Å²) in [7, 11) is 0. The smallest absolute Gasteiger partial charge is 0.164 e. The zero-order valence-corrected chi connectivity index (χ0v) is 27.8. The zero-order chi connectivity index (χ0) is 32.9. The highest BCUT2D eigenvalue weighted by Crippen LogP contribution is 2.56. The average molecular weight is 620 g/mol. The number of aromatic nitrogens is 3. The van der Waals surface area contributed by atoms with Gasteiger partial charge in [0.2, 0.25) is 0 Å². The minimum atomic E-state index is -0.116. The SMILES string of the molecule is CC1(C)c2ccccc2-c2cccc(-c3ccccc3-c3cccc(-c4nc(-c5ccccc5)nc(-c5ccccc5)n4)c3)c2C1(C)C. The topological polar surface area (TPSA) is 38.7 Å². The first-order valence-electron chi connectivity index (χ1n) is 16.6. The molecule has 6 aromatic carbocycles. The van der Waals surface area contributed by atoms with Gasteiger partial charge in [-0.25, -0.2) is 15.0 Å². The molecule has 48 heavy (non-hydrogen) atoms. The van der Waals surface area contributed by atoms with Crippen LogP contribution >= 0.6 is 0 Å². The Labute approximate surface area is 283 Å². The van der Waals surface area contributed by atoms with Crippen LogP contribution in [0.2, 0.25) is 0 Å². The van der Waals surface area contributed by atoms with Crippen LogP contribution < -0.4 is 0 Å². The van der Waals surface area contributed by atoms with Crippen molar-refractivity contribution in [3.63, 3.8) is 0 Å². The molecule has 0 aliphatic heterocycles. The van der Waals surface area contributed by atoms with Crippen molar-refractivity contribution in [2.45, 2.75) is 38.5 Å². The van der Waals surface area contributed by atoms with Crippen molar-refractivity contribution in [3.8, 4) is 67.5 Å². The maximum Gasteiger partial charge on any atom is 0.164 e. The third kappa shape index (κ3) is 4.86. The van der Waals surface area contributed by atoms with Crippen LogP contribution in [-0.2, 0) is 10.8 Å². The molecule has 0 saturated carbocycles. The van der Waals surface area contributed by atoms with Crippen LogP contribution in [0.15, 0.2) is 152 Å². The summed E-state index contributed by atoms with van der Waals surface area (Å²) in [5, 5.41) is 0. The maximum absolute atomic E-state index is 5.01. The van der Waals surface area contributed by atoms with Crippen LogP contribution in [0.4, 0.5) is 0 Å². The summed E-state index contributed by atoms with van der Waals surface area (Å²) < 4.78 is 0. The van der Waals surface area contributed by atoms with Gasteiger partial charge in [-0.15, -0.1) is 0 Å². The molecule has 3 nitrogen and oxygen atoms in total. The van der Waals surface area contributed by atoms with Gasteiger partial charge in [0.25, 0.3) is 0 Å². The fourth-order valence-corrected chi connectivity index (χ4v) is 7.32. The first kappa shape index (κ1) is 29.7. The Kier molecular flexibility index (Phi) is 7.14. The number of hydrogen-bond donors (Lipinski definition) is 0. The van der Waals surface area contributed by atoms with Crippen LogP contribution in [0.25, 0.3) is 67.5 Å². The molecule has 0 atom stereocenters. The van der Waals surface area contributed by atoms with E-state index in [1.165, 1.54) is 38.9 Å². The van der Waals surface area contributed by atoms with E-state index < -0.39 is 0 Å². The fraction of sp³-hybridized carbons (Fsp3) is 0.133. The molecule has 1 aliphatic rings. The third-order valence-electron chi connectivity index (χ3n) is 10.5. The first-order chi connectivity index (χ1) is 23.3. The van der Waals surface area contributed by atoms with Gasteiger partial charge in [-0.05, 0) is 56.0 Å². The third-order valence-corrected chi connectivity index (χ3v) is 10.5. The second-order valence-electron chi connectivity index (χ2n) is 13.7. The lowest BCUT2D eigenvalue weighted by Gasteiger charge is -2.49. The number of rotatable bonds is 5. The molecule has 8 rings (SSSR count). The number of benzene rings is 6. The summed E-state index contributed by atoms with van der Waals surface area (Å²) in [4.78, 5) is 14.9. The van der Waals surface area contributed by atoms with E-state index >= 15 is 0 Å². The van der Waals surface area contributed by atoms with Gasteiger partial charge >= 0.3 is 0 Å². The van der Waals surface area contributed by atoms with Crippen molar-refractivity contribution in [2.24, 2.45) is 0 Å². The van der Waals surface area contributed by atoms with Gasteiger partial charge in [-0.2, -0.15) is 0 Å². The standard InChI is InChI=1S/C45H37N3/c1-44(2)39-28-14-13-25-36(39)38-27-16-26-37(40(38)45(44,3)4)35-24-12-11-23-34(35)32-21-15-22-33(29-32)43-47-41(30-17-7-5-8-18-30)46-42(48-43)31-19-9-6-10-20-31/h5-29H,1-4H3. The van der Waals surface area contributed by atoms with E-state index in [0.29, 0.717) is 17.5 Å². The van der Waals surface area contributed by atoms with Crippen LogP contribution in [0, 0.1) is 0 Å². The summed E-state index contributed by atoms with van der Waals surface area (Å²) in [5.74, 6) is 1.97. The second kappa shape index (κ2) is 11.5. The predicted molar refractivity (Wildman–Crippen MR) is 198 cm³/mol. The van der Waals surface area contributed by atoms with E-state index in [4.69, 9.17) is 15.0 Å². The lowest BCUT2D eigenvalue weighted by atomic mass is 9.54. The van der Waals surface area contributed by atoms with Crippen LogP contribution in [0.3, 0.4) is 0 Å². The molecule has 0 N–H and O–H groups in total. The van der Waals surface area contributed by atoms with Gasteiger partial charge in [0.1, 0.15) is 0 Å². The van der Waals surface area contributed by atoms with Crippen molar-refractivity contribution in [2.75, 3.05) is 0 Å². The average Bonchev–Trinajstić information content (AvgIpc) is 3.14. The molecule has 0 amide bonds. The Morgan fingerprint density at radius 1 is 0.333 bits per heavy atom. The molecule has 1 aromatic heterocycles. The van der Waals surface area contributed by atoms with E-state index in [2.05, 4.69) is 119 Å². The zero-order valence-electron chi connectivity index (χ0n) is 27.8. The van der Waals surface area contributed by atoms with E-state index in [-0.39, 0.29) is 10.8 Å². The Balaban J connectivity index is 1.29. The van der Waals surface area contributed by atoms with Crippen molar-refractivity contribution in [3.05, 3.63) is 163 Å². The van der Waals surface area contributed by atoms with Crippen molar-refractivity contribution in [1.29, 1.82) is 0 Å². The number of nitrogens with zero attached hydrogens (tertiary/aromatic N) is 3.